The Bertz CT molecular complexity index is 314. The fourth-order valence-electron chi connectivity index (χ4n) is 0.972. The lowest BCUT2D eigenvalue weighted by Gasteiger charge is -2.02. The first-order valence-corrected chi connectivity index (χ1v) is 3.67. The molecule has 1 aromatic carbocycles. The van der Waals surface area contributed by atoms with Gasteiger partial charge in [0.25, 0.3) is 6.09 Å². The maximum absolute atomic E-state index is 12.2. The molecule has 0 spiro atoms. The quantitative estimate of drug-likeness (QED) is 0.387. The van der Waals surface area contributed by atoms with E-state index in [0.717, 1.165) is 11.1 Å². The maximum Gasteiger partial charge on any atom is 0.280 e. The van der Waals surface area contributed by atoms with Gasteiger partial charge in [0.15, 0.2) is 0 Å². The Morgan fingerprint density at radius 1 is 1.42 bits per heavy atom. The van der Waals surface area contributed by atoms with Crippen molar-refractivity contribution in [3.05, 3.63) is 29.3 Å². The van der Waals surface area contributed by atoms with E-state index in [9.17, 15) is 4.39 Å². The summed E-state index contributed by atoms with van der Waals surface area (Å²) in [4.78, 5) is 3.55. The van der Waals surface area contributed by atoms with Crippen molar-refractivity contribution < 1.29 is 4.39 Å². The standard InChI is InChI=1S/C9H11FN2/c1-6-4-3-5-8(7(6)2)12-9(10)11/h3-5H,1-2H3,(H2,11,12). The van der Waals surface area contributed by atoms with Gasteiger partial charge in [-0.05, 0) is 31.0 Å². The summed E-state index contributed by atoms with van der Waals surface area (Å²) in [6.07, 6.45) is -0.899. The number of hydrogen-bond acceptors (Lipinski definition) is 1. The summed E-state index contributed by atoms with van der Waals surface area (Å²) in [5.74, 6) is 0. The topological polar surface area (TPSA) is 38.4 Å². The van der Waals surface area contributed by atoms with Crippen LogP contribution in [0.15, 0.2) is 23.2 Å². The van der Waals surface area contributed by atoms with Crippen LogP contribution in [0.4, 0.5) is 10.1 Å². The first-order chi connectivity index (χ1) is 5.61. The van der Waals surface area contributed by atoms with Crippen molar-refractivity contribution in [3.8, 4) is 0 Å². The molecule has 0 fully saturated rings. The molecule has 0 aliphatic carbocycles. The molecule has 1 rings (SSSR count). The van der Waals surface area contributed by atoms with Gasteiger partial charge in [-0.15, -0.1) is 0 Å². The van der Waals surface area contributed by atoms with Gasteiger partial charge in [-0.25, -0.2) is 4.99 Å². The number of amidine groups is 1. The lowest BCUT2D eigenvalue weighted by molar-refractivity contribution is 0.790. The molecule has 0 aromatic heterocycles. The van der Waals surface area contributed by atoms with Crippen LogP contribution in [0.2, 0.25) is 0 Å². The highest BCUT2D eigenvalue weighted by molar-refractivity contribution is 5.74. The molecule has 0 aliphatic heterocycles. The average Bonchev–Trinajstić information content (AvgIpc) is 1.98. The van der Waals surface area contributed by atoms with E-state index < -0.39 is 6.09 Å². The molecular weight excluding hydrogens is 155 g/mol. The van der Waals surface area contributed by atoms with E-state index in [4.69, 9.17) is 5.73 Å². The molecule has 12 heavy (non-hydrogen) atoms. The predicted molar refractivity (Wildman–Crippen MR) is 48.3 cm³/mol. The second kappa shape index (κ2) is 3.34. The van der Waals surface area contributed by atoms with Gasteiger partial charge in [0.2, 0.25) is 0 Å². The minimum atomic E-state index is -0.899. The molecule has 3 heteroatoms. The third kappa shape index (κ3) is 1.81. The Kier molecular flexibility index (Phi) is 2.43. The van der Waals surface area contributed by atoms with Crippen molar-refractivity contribution in [3.63, 3.8) is 0 Å². The lowest BCUT2D eigenvalue weighted by Crippen LogP contribution is -2.02. The molecule has 0 bridgehead atoms. The number of hydrogen-bond donors (Lipinski definition) is 1. The Hall–Kier alpha value is -1.38. The Morgan fingerprint density at radius 3 is 2.67 bits per heavy atom. The van der Waals surface area contributed by atoms with Gasteiger partial charge >= 0.3 is 0 Å². The highest BCUT2D eigenvalue weighted by Gasteiger charge is 1.98. The Morgan fingerprint density at radius 2 is 2.08 bits per heavy atom. The smallest absolute Gasteiger partial charge is 0.280 e. The molecule has 1 aromatic rings. The molecule has 0 radical (unpaired) electrons. The molecule has 0 aliphatic rings. The van der Waals surface area contributed by atoms with Crippen LogP contribution in [-0.2, 0) is 0 Å². The SMILES string of the molecule is Cc1cccc(N=C(N)F)c1C. The van der Waals surface area contributed by atoms with Crippen LogP contribution in [0.25, 0.3) is 0 Å². The third-order valence-electron chi connectivity index (χ3n) is 1.80. The fourth-order valence-corrected chi connectivity index (χ4v) is 0.972. The normalized spacial score (nSPS) is 11.8. The van der Waals surface area contributed by atoms with E-state index in [1.165, 1.54) is 0 Å². The summed E-state index contributed by atoms with van der Waals surface area (Å²) in [6.45, 7) is 3.83. The van der Waals surface area contributed by atoms with Crippen LogP contribution in [0, 0.1) is 13.8 Å². The number of halogens is 1. The summed E-state index contributed by atoms with van der Waals surface area (Å²) >= 11 is 0. The largest absolute Gasteiger partial charge is 0.360 e. The highest BCUT2D eigenvalue weighted by atomic mass is 19.1. The molecule has 0 amide bonds. The minimum absolute atomic E-state index is 0.593. The zero-order valence-electron chi connectivity index (χ0n) is 7.13. The molecule has 0 atom stereocenters. The van der Waals surface area contributed by atoms with Gasteiger partial charge in [-0.1, -0.05) is 12.1 Å². The zero-order chi connectivity index (χ0) is 9.14. The molecule has 64 valence electrons. The van der Waals surface area contributed by atoms with Crippen molar-refractivity contribution in [2.45, 2.75) is 13.8 Å². The third-order valence-corrected chi connectivity index (χ3v) is 1.80. The van der Waals surface area contributed by atoms with Gasteiger partial charge in [0, 0.05) is 0 Å². The van der Waals surface area contributed by atoms with Gasteiger partial charge in [0.05, 0.1) is 5.69 Å². The van der Waals surface area contributed by atoms with Crippen LogP contribution < -0.4 is 5.73 Å². The Labute approximate surface area is 70.9 Å². The molecule has 0 saturated carbocycles. The van der Waals surface area contributed by atoms with Crippen molar-refractivity contribution in [2.75, 3.05) is 0 Å². The number of nitrogens with zero attached hydrogens (tertiary/aromatic N) is 1. The van der Waals surface area contributed by atoms with Crippen molar-refractivity contribution in [2.24, 2.45) is 10.7 Å². The van der Waals surface area contributed by atoms with Crippen LogP contribution in [-0.4, -0.2) is 6.09 Å². The number of aryl methyl sites for hydroxylation is 1. The second-order valence-corrected chi connectivity index (χ2v) is 2.65. The number of aliphatic imine (C=N–C) groups is 1. The van der Waals surface area contributed by atoms with E-state index >= 15 is 0 Å². The average molecular weight is 166 g/mol. The van der Waals surface area contributed by atoms with Crippen LogP contribution in [0.5, 0.6) is 0 Å². The lowest BCUT2D eigenvalue weighted by atomic mass is 10.1. The maximum atomic E-state index is 12.2. The van der Waals surface area contributed by atoms with Crippen molar-refractivity contribution in [1.29, 1.82) is 0 Å². The van der Waals surface area contributed by atoms with Gasteiger partial charge in [-0.3, -0.25) is 0 Å². The number of benzene rings is 1. The first-order valence-electron chi connectivity index (χ1n) is 3.67. The summed E-state index contributed by atoms with van der Waals surface area (Å²) in [5.41, 5.74) is 7.46. The van der Waals surface area contributed by atoms with Crippen molar-refractivity contribution >= 4 is 11.8 Å². The summed E-state index contributed by atoms with van der Waals surface area (Å²) in [6, 6.07) is 5.50. The van der Waals surface area contributed by atoms with Crippen LogP contribution in [0.3, 0.4) is 0 Å². The van der Waals surface area contributed by atoms with E-state index in [1.54, 1.807) is 6.07 Å². The molecule has 0 heterocycles. The van der Waals surface area contributed by atoms with Gasteiger partial charge in [-0.2, -0.15) is 4.39 Å². The van der Waals surface area contributed by atoms with Crippen molar-refractivity contribution in [1.82, 2.24) is 0 Å². The number of nitrogens with two attached hydrogens (primary N) is 1. The highest BCUT2D eigenvalue weighted by Crippen LogP contribution is 2.20. The fraction of sp³-hybridized carbons (Fsp3) is 0.222. The van der Waals surface area contributed by atoms with E-state index in [2.05, 4.69) is 4.99 Å². The molecule has 0 unspecified atom stereocenters. The summed E-state index contributed by atoms with van der Waals surface area (Å²) in [7, 11) is 0. The van der Waals surface area contributed by atoms with E-state index in [1.807, 2.05) is 26.0 Å². The molecular formula is C9H11FN2. The second-order valence-electron chi connectivity index (χ2n) is 2.65. The predicted octanol–water partition coefficient (Wildman–Crippen LogP) is 2.22. The van der Waals surface area contributed by atoms with E-state index in [0.29, 0.717) is 5.69 Å². The zero-order valence-corrected chi connectivity index (χ0v) is 7.13. The molecule has 0 saturated heterocycles. The summed E-state index contributed by atoms with van der Waals surface area (Å²) in [5, 5.41) is 0. The van der Waals surface area contributed by atoms with Gasteiger partial charge in [0.1, 0.15) is 0 Å². The van der Waals surface area contributed by atoms with E-state index in [-0.39, 0.29) is 0 Å². The van der Waals surface area contributed by atoms with Gasteiger partial charge < -0.3 is 5.73 Å². The summed E-state index contributed by atoms with van der Waals surface area (Å²) < 4.78 is 12.2. The monoisotopic (exact) mass is 166 g/mol. The molecule has 2 nitrogen and oxygen atoms in total. The first kappa shape index (κ1) is 8.71. The number of rotatable bonds is 1. The minimum Gasteiger partial charge on any atom is -0.360 e. The van der Waals surface area contributed by atoms with Crippen LogP contribution in [0.1, 0.15) is 11.1 Å². The Balaban J connectivity index is 3.17. The molecule has 2 N–H and O–H groups in total. The van der Waals surface area contributed by atoms with Crippen LogP contribution >= 0.6 is 0 Å².